The summed E-state index contributed by atoms with van der Waals surface area (Å²) in [6, 6.07) is 7.23. The van der Waals surface area contributed by atoms with Crippen LogP contribution in [0, 0.1) is 11.8 Å². The zero-order valence-corrected chi connectivity index (χ0v) is 15.8. The van der Waals surface area contributed by atoms with Gasteiger partial charge in [-0.15, -0.1) is 0 Å². The zero-order valence-electron chi connectivity index (χ0n) is 15.8. The van der Waals surface area contributed by atoms with Crippen molar-refractivity contribution in [2.45, 2.75) is 51.7 Å². The quantitative estimate of drug-likeness (QED) is 0.772. The molecule has 2 fully saturated rings. The highest BCUT2D eigenvalue weighted by molar-refractivity contribution is 5.82. The number of imidazole rings is 1. The Kier molecular flexibility index (Phi) is 3.81. The first-order valence-electron chi connectivity index (χ1n) is 9.88. The Labute approximate surface area is 158 Å². The van der Waals surface area contributed by atoms with Crippen molar-refractivity contribution in [2.24, 2.45) is 11.8 Å². The molecule has 3 unspecified atom stereocenters. The van der Waals surface area contributed by atoms with Crippen LogP contribution in [-0.2, 0) is 11.3 Å². The highest BCUT2D eigenvalue weighted by atomic mass is 16.2. The summed E-state index contributed by atoms with van der Waals surface area (Å²) in [5, 5.41) is 6.88. The lowest BCUT2D eigenvalue weighted by Crippen LogP contribution is -2.39. The molecule has 140 valence electrons. The summed E-state index contributed by atoms with van der Waals surface area (Å²) in [7, 11) is 0. The van der Waals surface area contributed by atoms with Crippen LogP contribution in [0.25, 0.3) is 22.2 Å². The number of hydrogen-bond donors (Lipinski definition) is 1. The molecule has 2 aliphatic heterocycles. The molecule has 0 aliphatic carbocycles. The van der Waals surface area contributed by atoms with Gasteiger partial charge in [0.1, 0.15) is 0 Å². The number of H-pyrrole nitrogens is 1. The Bertz CT molecular complexity index is 974. The molecule has 0 radical (unpaired) electrons. The van der Waals surface area contributed by atoms with Crippen molar-refractivity contribution in [2.75, 3.05) is 0 Å². The zero-order chi connectivity index (χ0) is 18.5. The van der Waals surface area contributed by atoms with Crippen LogP contribution in [0.2, 0.25) is 0 Å². The lowest BCUT2D eigenvalue weighted by Gasteiger charge is -2.26. The molecule has 4 heterocycles. The summed E-state index contributed by atoms with van der Waals surface area (Å²) in [5.74, 6) is 0.935. The summed E-state index contributed by atoms with van der Waals surface area (Å²) in [5.41, 5.74) is 4.36. The van der Waals surface area contributed by atoms with E-state index in [9.17, 15) is 4.79 Å². The van der Waals surface area contributed by atoms with Crippen LogP contribution in [-0.4, -0.2) is 42.6 Å². The van der Waals surface area contributed by atoms with Crippen LogP contribution in [0.4, 0.5) is 0 Å². The smallest absolute Gasteiger partial charge is 0.225 e. The van der Waals surface area contributed by atoms with E-state index in [0.717, 1.165) is 41.5 Å². The molecule has 1 aromatic carbocycles. The van der Waals surface area contributed by atoms with Gasteiger partial charge in [0.25, 0.3) is 0 Å². The van der Waals surface area contributed by atoms with Crippen molar-refractivity contribution in [3.63, 3.8) is 0 Å². The van der Waals surface area contributed by atoms with E-state index in [1.54, 1.807) is 0 Å². The second-order valence-electron chi connectivity index (χ2n) is 8.28. The first-order chi connectivity index (χ1) is 13.1. The average Bonchev–Trinajstić information content (AvgIpc) is 3.44. The molecular weight excluding hydrogens is 338 g/mol. The highest BCUT2D eigenvalue weighted by Crippen LogP contribution is 2.43. The van der Waals surface area contributed by atoms with Gasteiger partial charge in [0.15, 0.2) is 0 Å². The van der Waals surface area contributed by atoms with Gasteiger partial charge in [-0.1, -0.05) is 19.9 Å². The summed E-state index contributed by atoms with van der Waals surface area (Å²) in [6.45, 7) is 4.96. The number of benzene rings is 1. The third-order valence-corrected chi connectivity index (χ3v) is 6.30. The van der Waals surface area contributed by atoms with Crippen LogP contribution in [0.15, 0.2) is 36.9 Å². The fraction of sp³-hybridized carbons (Fsp3) is 0.476. The lowest BCUT2D eigenvalue weighted by atomic mass is 9.89. The number of nitrogens with zero attached hydrogens (tertiary/aromatic N) is 4. The Hall–Kier alpha value is -2.63. The fourth-order valence-corrected chi connectivity index (χ4v) is 5.00. The maximum atomic E-state index is 12.6. The fourth-order valence-electron chi connectivity index (χ4n) is 5.00. The van der Waals surface area contributed by atoms with Gasteiger partial charge in [-0.25, -0.2) is 4.98 Å². The molecule has 3 aromatic rings. The van der Waals surface area contributed by atoms with Crippen LogP contribution in [0.1, 0.15) is 33.1 Å². The normalized spacial score (nSPS) is 24.4. The summed E-state index contributed by atoms with van der Waals surface area (Å²) < 4.78 is 2.26. The van der Waals surface area contributed by atoms with E-state index in [2.05, 4.69) is 42.8 Å². The number of carbonyl (C=O) groups excluding carboxylic acids is 1. The van der Waals surface area contributed by atoms with Gasteiger partial charge in [-0.05, 0) is 42.9 Å². The second-order valence-corrected chi connectivity index (χ2v) is 8.28. The molecule has 6 heteroatoms. The largest absolute Gasteiger partial charge is 0.336 e. The molecule has 0 spiro atoms. The van der Waals surface area contributed by atoms with Gasteiger partial charge in [-0.2, -0.15) is 5.10 Å². The predicted molar refractivity (Wildman–Crippen MR) is 104 cm³/mol. The van der Waals surface area contributed by atoms with E-state index in [-0.39, 0.29) is 5.92 Å². The summed E-state index contributed by atoms with van der Waals surface area (Å²) in [6.07, 6.45) is 9.10. The minimum absolute atomic E-state index is 0.0854. The molecule has 2 aliphatic rings. The standard InChI is InChI=1S/C21H25N5O/c1-13(2)21(27)26-17-4-6-19(26)15(7-17)11-25-12-22-18-8-14(3-5-20(18)25)16-9-23-24-10-16/h3,5,8-10,12-13,15,17,19H,4,6-7,11H2,1-2H3,(H,23,24). The molecule has 1 amide bonds. The number of amides is 1. The number of nitrogens with one attached hydrogen (secondary N) is 1. The van der Waals surface area contributed by atoms with Crippen molar-refractivity contribution < 1.29 is 4.79 Å². The Balaban J connectivity index is 1.39. The molecule has 0 saturated carbocycles. The van der Waals surface area contributed by atoms with E-state index in [1.807, 2.05) is 32.6 Å². The second kappa shape index (κ2) is 6.22. The monoisotopic (exact) mass is 363 g/mol. The molecule has 5 rings (SSSR count). The highest BCUT2D eigenvalue weighted by Gasteiger charge is 2.48. The number of carbonyl (C=O) groups is 1. The average molecular weight is 363 g/mol. The molecule has 2 bridgehead atoms. The number of aromatic amines is 1. The maximum absolute atomic E-state index is 12.6. The number of hydrogen-bond acceptors (Lipinski definition) is 3. The Morgan fingerprint density at radius 1 is 1.30 bits per heavy atom. The van der Waals surface area contributed by atoms with Crippen LogP contribution in [0.3, 0.4) is 0 Å². The van der Waals surface area contributed by atoms with Crippen molar-refractivity contribution >= 4 is 16.9 Å². The van der Waals surface area contributed by atoms with Crippen molar-refractivity contribution in [3.8, 4) is 11.1 Å². The molecule has 6 nitrogen and oxygen atoms in total. The molecular formula is C21H25N5O. The SMILES string of the molecule is CC(C)C(=O)N1C2CCC1C(Cn1cnc3cc(-c4cn[nH]c4)ccc31)C2. The number of aromatic nitrogens is 4. The predicted octanol–water partition coefficient (Wildman–Crippen LogP) is 3.46. The molecule has 3 atom stereocenters. The van der Waals surface area contributed by atoms with E-state index in [0.29, 0.717) is 23.9 Å². The number of rotatable bonds is 4. The van der Waals surface area contributed by atoms with E-state index in [4.69, 9.17) is 0 Å². The third kappa shape index (κ3) is 2.66. The minimum Gasteiger partial charge on any atom is -0.336 e. The van der Waals surface area contributed by atoms with Crippen molar-refractivity contribution in [3.05, 3.63) is 36.9 Å². The molecule has 2 saturated heterocycles. The summed E-state index contributed by atoms with van der Waals surface area (Å²) >= 11 is 0. The Morgan fingerprint density at radius 2 is 2.19 bits per heavy atom. The van der Waals surface area contributed by atoms with Crippen LogP contribution < -0.4 is 0 Å². The topological polar surface area (TPSA) is 66.8 Å². The number of fused-ring (bicyclic) bond motifs is 3. The molecule has 27 heavy (non-hydrogen) atoms. The van der Waals surface area contributed by atoms with Crippen molar-refractivity contribution in [1.82, 2.24) is 24.6 Å². The first-order valence-corrected chi connectivity index (χ1v) is 9.88. The minimum atomic E-state index is 0.0854. The van der Waals surface area contributed by atoms with Gasteiger partial charge in [0.05, 0.1) is 23.6 Å². The van der Waals surface area contributed by atoms with Crippen molar-refractivity contribution in [1.29, 1.82) is 0 Å². The van der Waals surface area contributed by atoms with E-state index < -0.39 is 0 Å². The third-order valence-electron chi connectivity index (χ3n) is 6.30. The summed E-state index contributed by atoms with van der Waals surface area (Å²) in [4.78, 5) is 19.4. The van der Waals surface area contributed by atoms with Gasteiger partial charge in [0, 0.05) is 36.3 Å². The van der Waals surface area contributed by atoms with Crippen LogP contribution in [0.5, 0.6) is 0 Å². The maximum Gasteiger partial charge on any atom is 0.225 e. The van der Waals surface area contributed by atoms with Gasteiger partial charge < -0.3 is 9.47 Å². The van der Waals surface area contributed by atoms with E-state index in [1.165, 1.54) is 6.42 Å². The van der Waals surface area contributed by atoms with Crippen LogP contribution >= 0.6 is 0 Å². The van der Waals surface area contributed by atoms with E-state index >= 15 is 0 Å². The molecule has 2 aromatic heterocycles. The van der Waals surface area contributed by atoms with Gasteiger partial charge in [0.2, 0.25) is 5.91 Å². The first kappa shape index (κ1) is 16.5. The van der Waals surface area contributed by atoms with Gasteiger partial charge >= 0.3 is 0 Å². The molecule has 1 N–H and O–H groups in total. The lowest BCUT2D eigenvalue weighted by molar-refractivity contribution is -0.135. The Morgan fingerprint density at radius 3 is 2.96 bits per heavy atom. The van der Waals surface area contributed by atoms with Gasteiger partial charge in [-0.3, -0.25) is 9.89 Å².